The average molecular weight is 407 g/mol. The quantitative estimate of drug-likeness (QED) is 0.478. The number of amides is 1. The molecule has 1 aliphatic rings. The van der Waals surface area contributed by atoms with E-state index in [1.54, 1.807) is 6.07 Å². The van der Waals surface area contributed by atoms with Gasteiger partial charge in [-0.3, -0.25) is 14.6 Å². The van der Waals surface area contributed by atoms with E-state index in [0.717, 1.165) is 28.0 Å². The van der Waals surface area contributed by atoms with E-state index >= 15 is 0 Å². The van der Waals surface area contributed by atoms with Crippen LogP contribution in [0, 0.1) is 12.8 Å². The van der Waals surface area contributed by atoms with Gasteiger partial charge >= 0.3 is 0 Å². The Hall–Kier alpha value is -3.99. The molecule has 0 saturated heterocycles. The van der Waals surface area contributed by atoms with Gasteiger partial charge in [-0.1, -0.05) is 48.5 Å². The molecule has 31 heavy (non-hydrogen) atoms. The van der Waals surface area contributed by atoms with Gasteiger partial charge in [0.1, 0.15) is 5.92 Å². The first kappa shape index (κ1) is 19.0. The number of ketones is 1. The Bertz CT molecular complexity index is 1300. The minimum Gasteiger partial charge on any atom is -0.340 e. The number of nitrogens with zero attached hydrogens (tertiary/aromatic N) is 2. The Kier molecular flexibility index (Phi) is 4.71. The number of aromatic nitrogens is 1. The monoisotopic (exact) mass is 407 g/mol. The molecule has 0 aliphatic carbocycles. The third kappa shape index (κ3) is 3.44. The van der Waals surface area contributed by atoms with Gasteiger partial charge in [-0.25, -0.2) is 0 Å². The van der Waals surface area contributed by atoms with Gasteiger partial charge in [0.2, 0.25) is 5.91 Å². The molecule has 0 spiro atoms. The topological polar surface area (TPSA) is 62.3 Å². The normalized spacial score (nSPS) is 15.6. The maximum absolute atomic E-state index is 13.3. The van der Waals surface area contributed by atoms with Crippen LogP contribution in [0.15, 0.2) is 84.9 Å². The Morgan fingerprint density at radius 2 is 1.68 bits per heavy atom. The van der Waals surface area contributed by atoms with Crippen LogP contribution in [0.3, 0.4) is 0 Å². The molecule has 152 valence electrons. The molecule has 1 aromatic heterocycles. The van der Waals surface area contributed by atoms with E-state index in [4.69, 9.17) is 0 Å². The summed E-state index contributed by atoms with van der Waals surface area (Å²) in [6, 6.07) is 26.8. The summed E-state index contributed by atoms with van der Waals surface area (Å²) in [4.78, 5) is 33.2. The molecule has 4 aromatic rings. The van der Waals surface area contributed by atoms with Crippen LogP contribution in [0.5, 0.6) is 0 Å². The zero-order valence-corrected chi connectivity index (χ0v) is 17.1. The minimum absolute atomic E-state index is 0.157. The van der Waals surface area contributed by atoms with E-state index in [1.807, 2.05) is 90.7 Å². The van der Waals surface area contributed by atoms with E-state index in [0.29, 0.717) is 11.3 Å². The van der Waals surface area contributed by atoms with Crippen LogP contribution in [0.25, 0.3) is 10.9 Å². The standard InChI is InChI=1S/C26H21N3O2/c1-17-15-23(19-11-5-7-13-22(19)27-17)28-26(31)21-16-29(18-9-3-2-4-10-18)24-14-8-6-12-20(24)25(21)30/h2-15,21H,16H2,1H3,(H,27,28,31). The van der Waals surface area contributed by atoms with Crippen LogP contribution < -0.4 is 10.2 Å². The van der Waals surface area contributed by atoms with Gasteiger partial charge in [0, 0.05) is 28.9 Å². The lowest BCUT2D eigenvalue weighted by atomic mass is 9.89. The van der Waals surface area contributed by atoms with Crippen molar-refractivity contribution in [2.75, 3.05) is 16.8 Å². The number of fused-ring (bicyclic) bond motifs is 2. The van der Waals surface area contributed by atoms with Crippen molar-refractivity contribution in [3.63, 3.8) is 0 Å². The Balaban J connectivity index is 1.52. The third-order valence-electron chi connectivity index (χ3n) is 5.63. The SMILES string of the molecule is Cc1cc(NC(=O)C2CN(c3ccccc3)c3ccccc3C2=O)c2ccccc2n1. The highest BCUT2D eigenvalue weighted by Crippen LogP contribution is 2.36. The number of anilines is 3. The van der Waals surface area contributed by atoms with Crippen molar-refractivity contribution < 1.29 is 9.59 Å². The van der Waals surface area contributed by atoms with E-state index < -0.39 is 5.92 Å². The highest BCUT2D eigenvalue weighted by atomic mass is 16.2. The molecule has 0 radical (unpaired) electrons. The lowest BCUT2D eigenvalue weighted by molar-refractivity contribution is -0.118. The number of pyridine rings is 1. The number of benzene rings is 3. The van der Waals surface area contributed by atoms with E-state index in [2.05, 4.69) is 10.3 Å². The van der Waals surface area contributed by atoms with Crippen molar-refractivity contribution in [2.45, 2.75) is 6.92 Å². The van der Waals surface area contributed by atoms with Crippen LogP contribution in [-0.4, -0.2) is 23.2 Å². The molecule has 5 nitrogen and oxygen atoms in total. The predicted octanol–water partition coefficient (Wildman–Crippen LogP) is 5.13. The summed E-state index contributed by atoms with van der Waals surface area (Å²) in [5.74, 6) is -1.28. The summed E-state index contributed by atoms with van der Waals surface area (Å²) in [6.07, 6.45) is 0. The van der Waals surface area contributed by atoms with Gasteiger partial charge in [0.05, 0.1) is 16.9 Å². The largest absolute Gasteiger partial charge is 0.340 e. The molecule has 2 heterocycles. The first-order valence-electron chi connectivity index (χ1n) is 10.2. The summed E-state index contributed by atoms with van der Waals surface area (Å²) < 4.78 is 0. The van der Waals surface area contributed by atoms with E-state index in [-0.39, 0.29) is 18.2 Å². The van der Waals surface area contributed by atoms with Crippen molar-refractivity contribution in [3.05, 3.63) is 96.2 Å². The summed E-state index contributed by atoms with van der Waals surface area (Å²) >= 11 is 0. The van der Waals surface area contributed by atoms with Crippen LogP contribution in [0.1, 0.15) is 16.1 Å². The average Bonchev–Trinajstić information content (AvgIpc) is 2.80. The van der Waals surface area contributed by atoms with Gasteiger partial charge in [-0.05, 0) is 43.3 Å². The molecule has 0 bridgehead atoms. The highest BCUT2D eigenvalue weighted by Gasteiger charge is 2.37. The van der Waals surface area contributed by atoms with Crippen molar-refractivity contribution in [2.24, 2.45) is 5.92 Å². The van der Waals surface area contributed by atoms with Gasteiger partial charge in [-0.15, -0.1) is 0 Å². The van der Waals surface area contributed by atoms with E-state index in [9.17, 15) is 9.59 Å². The van der Waals surface area contributed by atoms with Gasteiger partial charge in [-0.2, -0.15) is 0 Å². The van der Waals surface area contributed by atoms with Crippen molar-refractivity contribution >= 4 is 39.7 Å². The number of hydrogen-bond donors (Lipinski definition) is 1. The molecular weight excluding hydrogens is 386 g/mol. The van der Waals surface area contributed by atoms with Crippen LogP contribution in [-0.2, 0) is 4.79 Å². The molecule has 1 aliphatic heterocycles. The number of rotatable bonds is 3. The fourth-order valence-electron chi connectivity index (χ4n) is 4.15. The molecule has 0 fully saturated rings. The molecule has 5 rings (SSSR count). The van der Waals surface area contributed by atoms with Crippen molar-refractivity contribution in [1.82, 2.24) is 4.98 Å². The number of para-hydroxylation sites is 3. The second-order valence-electron chi connectivity index (χ2n) is 7.70. The second kappa shape index (κ2) is 7.69. The van der Waals surface area contributed by atoms with Crippen molar-refractivity contribution in [1.29, 1.82) is 0 Å². The number of hydrogen-bond acceptors (Lipinski definition) is 4. The second-order valence-corrected chi connectivity index (χ2v) is 7.70. The smallest absolute Gasteiger partial charge is 0.237 e. The molecular formula is C26H21N3O2. The van der Waals surface area contributed by atoms with Gasteiger partial charge in [0.25, 0.3) is 0 Å². The Morgan fingerprint density at radius 3 is 2.52 bits per heavy atom. The molecule has 1 amide bonds. The maximum Gasteiger partial charge on any atom is 0.237 e. The first-order valence-corrected chi connectivity index (χ1v) is 10.2. The summed E-state index contributed by atoms with van der Waals surface area (Å²) in [5, 5.41) is 3.85. The van der Waals surface area contributed by atoms with Crippen LogP contribution >= 0.6 is 0 Å². The van der Waals surface area contributed by atoms with Crippen molar-refractivity contribution in [3.8, 4) is 0 Å². The molecule has 1 atom stereocenters. The molecule has 0 saturated carbocycles. The summed E-state index contributed by atoms with van der Waals surface area (Å²) in [7, 11) is 0. The fourth-order valence-corrected chi connectivity index (χ4v) is 4.15. The van der Waals surface area contributed by atoms with Crippen LogP contribution in [0.4, 0.5) is 17.1 Å². The lowest BCUT2D eigenvalue weighted by Crippen LogP contribution is -2.43. The van der Waals surface area contributed by atoms with Gasteiger partial charge < -0.3 is 10.2 Å². The minimum atomic E-state index is -0.817. The summed E-state index contributed by atoms with van der Waals surface area (Å²) in [5.41, 5.74) is 4.63. The molecule has 3 aromatic carbocycles. The highest BCUT2D eigenvalue weighted by molar-refractivity contribution is 6.18. The van der Waals surface area contributed by atoms with E-state index in [1.165, 1.54) is 0 Å². The lowest BCUT2D eigenvalue weighted by Gasteiger charge is -2.34. The predicted molar refractivity (Wildman–Crippen MR) is 123 cm³/mol. The maximum atomic E-state index is 13.3. The zero-order chi connectivity index (χ0) is 21.4. The number of carbonyl (C=O) groups is 2. The summed E-state index contributed by atoms with van der Waals surface area (Å²) in [6.45, 7) is 2.18. The number of aryl methyl sites for hydroxylation is 1. The zero-order valence-electron chi connectivity index (χ0n) is 17.1. The number of carbonyl (C=O) groups excluding carboxylic acids is 2. The van der Waals surface area contributed by atoms with Crippen LogP contribution in [0.2, 0.25) is 0 Å². The number of nitrogens with one attached hydrogen (secondary N) is 1. The Labute approximate surface area is 180 Å². The third-order valence-corrected chi connectivity index (χ3v) is 5.63. The molecule has 1 N–H and O–H groups in total. The fraction of sp³-hybridized carbons (Fsp3) is 0.115. The molecule has 5 heteroatoms. The number of Topliss-reactive ketones (excluding diaryl/α,β-unsaturated/α-hetero) is 1. The van der Waals surface area contributed by atoms with Gasteiger partial charge in [0.15, 0.2) is 5.78 Å². The first-order chi connectivity index (χ1) is 15.1. The molecule has 1 unspecified atom stereocenters. The Morgan fingerprint density at radius 1 is 0.968 bits per heavy atom.